The van der Waals surface area contributed by atoms with Gasteiger partial charge in [0.25, 0.3) is 0 Å². The van der Waals surface area contributed by atoms with Crippen LogP contribution in [0.4, 0.5) is 23.0 Å². The topological polar surface area (TPSA) is 118 Å². The van der Waals surface area contributed by atoms with Crippen molar-refractivity contribution < 1.29 is 4.79 Å². The summed E-state index contributed by atoms with van der Waals surface area (Å²) in [6.07, 6.45) is 1.61. The maximum Gasteiger partial charge on any atom is 0.242 e. The van der Waals surface area contributed by atoms with Gasteiger partial charge in [0.2, 0.25) is 5.91 Å². The van der Waals surface area contributed by atoms with Crippen molar-refractivity contribution in [3.63, 3.8) is 0 Å². The fourth-order valence-electron chi connectivity index (χ4n) is 3.02. The number of amides is 1. The number of anilines is 4. The average Bonchev–Trinajstić information content (AvgIpc) is 2.75. The van der Waals surface area contributed by atoms with Gasteiger partial charge >= 0.3 is 0 Å². The van der Waals surface area contributed by atoms with E-state index in [1.54, 1.807) is 0 Å². The van der Waals surface area contributed by atoms with E-state index in [1.165, 1.54) is 6.33 Å². The maximum atomic E-state index is 12.2. The Morgan fingerprint density at radius 1 is 0.967 bits per heavy atom. The standard InChI is InChI=1S/C22H21N7O/c1-14-10-11-16-8-5-9-17(20(16)26-14)27-21-19(23)22(25-13-24-21)29-28-18(30)12-15-6-3-2-4-7-15/h2-11,13H,12,23H2,1H3,(H,28,30)(H2,24,25,27,29). The van der Waals surface area contributed by atoms with Crippen LogP contribution >= 0.6 is 0 Å². The number of carbonyl (C=O) groups excluding carboxylic acids is 1. The SMILES string of the molecule is Cc1ccc2cccc(Nc3ncnc(NNC(=O)Cc4ccccc4)c3N)c2n1. The van der Waals surface area contributed by atoms with Gasteiger partial charge in [0.15, 0.2) is 11.6 Å². The number of para-hydroxylation sites is 1. The number of nitrogens with zero attached hydrogens (tertiary/aromatic N) is 3. The number of pyridine rings is 1. The molecule has 2 aromatic heterocycles. The van der Waals surface area contributed by atoms with Gasteiger partial charge in [-0.1, -0.05) is 48.5 Å². The Morgan fingerprint density at radius 3 is 2.60 bits per heavy atom. The van der Waals surface area contributed by atoms with E-state index in [0.29, 0.717) is 11.6 Å². The molecule has 0 aliphatic carbocycles. The zero-order valence-electron chi connectivity index (χ0n) is 16.4. The molecule has 0 unspecified atom stereocenters. The van der Waals surface area contributed by atoms with Crippen LogP contribution in [0.2, 0.25) is 0 Å². The smallest absolute Gasteiger partial charge is 0.242 e. The fraction of sp³-hybridized carbons (Fsp3) is 0.0909. The van der Waals surface area contributed by atoms with E-state index in [2.05, 4.69) is 31.1 Å². The molecule has 0 fully saturated rings. The first-order valence-corrected chi connectivity index (χ1v) is 9.43. The Kier molecular flexibility index (Phi) is 5.38. The fourth-order valence-corrected chi connectivity index (χ4v) is 3.02. The van der Waals surface area contributed by atoms with E-state index >= 15 is 0 Å². The monoisotopic (exact) mass is 399 g/mol. The first kappa shape index (κ1) is 19.1. The van der Waals surface area contributed by atoms with Crippen molar-refractivity contribution >= 4 is 39.8 Å². The van der Waals surface area contributed by atoms with Gasteiger partial charge in [-0.05, 0) is 24.6 Å². The van der Waals surface area contributed by atoms with Crippen molar-refractivity contribution in [2.75, 3.05) is 16.5 Å². The van der Waals surface area contributed by atoms with Crippen LogP contribution in [0.15, 0.2) is 67.0 Å². The third kappa shape index (κ3) is 4.27. The Bertz CT molecular complexity index is 1190. The molecule has 30 heavy (non-hydrogen) atoms. The van der Waals surface area contributed by atoms with Crippen LogP contribution in [0.25, 0.3) is 10.9 Å². The lowest BCUT2D eigenvalue weighted by molar-refractivity contribution is -0.119. The maximum absolute atomic E-state index is 12.2. The van der Waals surface area contributed by atoms with Crippen molar-refractivity contribution in [1.29, 1.82) is 0 Å². The molecule has 4 rings (SSSR count). The summed E-state index contributed by atoms with van der Waals surface area (Å²) in [5.41, 5.74) is 15.3. The number of hydrogen-bond donors (Lipinski definition) is 4. The van der Waals surface area contributed by atoms with Gasteiger partial charge in [-0.25, -0.2) is 9.97 Å². The van der Waals surface area contributed by atoms with Crippen molar-refractivity contribution in [2.24, 2.45) is 0 Å². The van der Waals surface area contributed by atoms with E-state index in [4.69, 9.17) is 5.73 Å². The van der Waals surface area contributed by atoms with Crippen molar-refractivity contribution in [3.05, 3.63) is 78.2 Å². The summed E-state index contributed by atoms with van der Waals surface area (Å²) in [7, 11) is 0. The molecule has 5 N–H and O–H groups in total. The normalized spacial score (nSPS) is 10.6. The van der Waals surface area contributed by atoms with Crippen LogP contribution in [0.1, 0.15) is 11.3 Å². The molecule has 0 saturated heterocycles. The predicted octanol–water partition coefficient (Wildman–Crippen LogP) is 3.34. The molecule has 2 heterocycles. The number of aromatic nitrogens is 3. The van der Waals surface area contributed by atoms with Crippen LogP contribution in [-0.4, -0.2) is 20.9 Å². The summed E-state index contributed by atoms with van der Waals surface area (Å²) in [5, 5.41) is 4.22. The second-order valence-electron chi connectivity index (χ2n) is 6.78. The highest BCUT2D eigenvalue weighted by Gasteiger charge is 2.11. The van der Waals surface area contributed by atoms with Crippen molar-refractivity contribution in [2.45, 2.75) is 13.3 Å². The number of carbonyl (C=O) groups is 1. The number of nitrogens with one attached hydrogen (secondary N) is 3. The summed E-state index contributed by atoms with van der Waals surface area (Å²) in [6, 6.07) is 19.3. The molecule has 0 atom stereocenters. The molecular formula is C22H21N7O. The Labute approximate surface area is 173 Å². The molecule has 8 heteroatoms. The summed E-state index contributed by atoms with van der Waals surface area (Å²) < 4.78 is 0. The van der Waals surface area contributed by atoms with Crippen LogP contribution in [0.5, 0.6) is 0 Å². The van der Waals surface area contributed by atoms with Crippen LogP contribution < -0.4 is 21.9 Å². The summed E-state index contributed by atoms with van der Waals surface area (Å²) in [6.45, 7) is 1.94. The average molecular weight is 399 g/mol. The number of rotatable bonds is 6. The number of aryl methyl sites for hydroxylation is 1. The number of fused-ring (bicyclic) bond motifs is 1. The van der Waals surface area contributed by atoms with Gasteiger partial charge in [0, 0.05) is 11.1 Å². The van der Waals surface area contributed by atoms with Gasteiger partial charge in [0.1, 0.15) is 12.0 Å². The molecule has 2 aromatic carbocycles. The molecule has 0 aliphatic rings. The Hall–Kier alpha value is -4.20. The third-order valence-corrected chi connectivity index (χ3v) is 4.52. The van der Waals surface area contributed by atoms with E-state index in [-0.39, 0.29) is 18.0 Å². The Balaban J connectivity index is 1.50. The van der Waals surface area contributed by atoms with Crippen LogP contribution in [0, 0.1) is 6.92 Å². The highest BCUT2D eigenvalue weighted by atomic mass is 16.2. The van der Waals surface area contributed by atoms with E-state index in [1.807, 2.05) is 67.6 Å². The molecule has 4 aromatic rings. The summed E-state index contributed by atoms with van der Waals surface area (Å²) in [5.74, 6) is 0.515. The molecule has 0 bridgehead atoms. The minimum absolute atomic E-state index is 0.206. The van der Waals surface area contributed by atoms with E-state index in [0.717, 1.165) is 27.8 Å². The highest BCUT2D eigenvalue weighted by molar-refractivity contribution is 5.93. The molecule has 0 spiro atoms. The van der Waals surface area contributed by atoms with Gasteiger partial charge in [-0.15, -0.1) is 0 Å². The highest BCUT2D eigenvalue weighted by Crippen LogP contribution is 2.29. The van der Waals surface area contributed by atoms with Crippen molar-refractivity contribution in [3.8, 4) is 0 Å². The van der Waals surface area contributed by atoms with Gasteiger partial charge < -0.3 is 11.1 Å². The first-order chi connectivity index (χ1) is 14.6. The molecule has 0 aliphatic heterocycles. The van der Waals surface area contributed by atoms with Gasteiger partial charge in [-0.2, -0.15) is 0 Å². The van der Waals surface area contributed by atoms with Crippen LogP contribution in [0.3, 0.4) is 0 Å². The largest absolute Gasteiger partial charge is 0.393 e. The number of benzene rings is 2. The number of nitrogens with two attached hydrogens (primary N) is 1. The van der Waals surface area contributed by atoms with Gasteiger partial charge in [-0.3, -0.25) is 20.6 Å². The number of nitrogen functional groups attached to an aromatic ring is 1. The number of hydrazine groups is 1. The minimum atomic E-state index is -0.206. The third-order valence-electron chi connectivity index (χ3n) is 4.52. The second kappa shape index (κ2) is 8.44. The van der Waals surface area contributed by atoms with Gasteiger partial charge in [0.05, 0.1) is 17.6 Å². The summed E-state index contributed by atoms with van der Waals surface area (Å²) >= 11 is 0. The molecule has 8 nitrogen and oxygen atoms in total. The minimum Gasteiger partial charge on any atom is -0.393 e. The van der Waals surface area contributed by atoms with E-state index < -0.39 is 0 Å². The zero-order valence-corrected chi connectivity index (χ0v) is 16.4. The lowest BCUT2D eigenvalue weighted by atomic mass is 10.1. The lowest BCUT2D eigenvalue weighted by Crippen LogP contribution is -2.31. The molecular weight excluding hydrogens is 378 g/mol. The quantitative estimate of drug-likeness (QED) is 0.367. The Morgan fingerprint density at radius 2 is 1.77 bits per heavy atom. The first-order valence-electron chi connectivity index (χ1n) is 9.43. The molecule has 0 saturated carbocycles. The second-order valence-corrected chi connectivity index (χ2v) is 6.78. The molecule has 1 amide bonds. The predicted molar refractivity (Wildman–Crippen MR) is 118 cm³/mol. The molecule has 150 valence electrons. The van der Waals surface area contributed by atoms with Crippen molar-refractivity contribution in [1.82, 2.24) is 20.4 Å². The molecule has 0 radical (unpaired) electrons. The lowest BCUT2D eigenvalue weighted by Gasteiger charge is -2.14. The van der Waals surface area contributed by atoms with Crippen LogP contribution in [-0.2, 0) is 11.2 Å². The number of hydrogen-bond acceptors (Lipinski definition) is 7. The zero-order chi connectivity index (χ0) is 20.9. The summed E-state index contributed by atoms with van der Waals surface area (Å²) in [4.78, 5) is 25.1. The van der Waals surface area contributed by atoms with E-state index in [9.17, 15) is 4.79 Å².